The van der Waals surface area contributed by atoms with E-state index >= 15 is 0 Å². The van der Waals surface area contributed by atoms with Gasteiger partial charge in [0.2, 0.25) is 11.8 Å². The van der Waals surface area contributed by atoms with Gasteiger partial charge in [0.25, 0.3) is 10.0 Å². The molecule has 0 saturated heterocycles. The van der Waals surface area contributed by atoms with Crippen molar-refractivity contribution < 1.29 is 27.5 Å². The Morgan fingerprint density at radius 3 is 2.57 bits per heavy atom. The molecule has 1 aliphatic heterocycles. The van der Waals surface area contributed by atoms with Gasteiger partial charge in [-0.25, -0.2) is 13.1 Å². The summed E-state index contributed by atoms with van der Waals surface area (Å²) < 4.78 is 38.4. The molecule has 2 N–H and O–H groups in total. The molecule has 2 amide bonds. The molecule has 0 atom stereocenters. The van der Waals surface area contributed by atoms with Crippen molar-refractivity contribution in [2.24, 2.45) is 0 Å². The number of fused-ring (bicyclic) bond motifs is 1. The Morgan fingerprint density at radius 1 is 1.11 bits per heavy atom. The maximum atomic E-state index is 12.6. The highest BCUT2D eigenvalue weighted by Gasteiger charge is 2.20. The molecule has 1 aliphatic rings. The summed E-state index contributed by atoms with van der Waals surface area (Å²) in [6.45, 7) is 6.15. The number of carbonyl (C=O) groups excluding carboxylic acids is 2. The molecule has 0 fully saturated rings. The number of amides is 2. The number of nitrogens with zero attached hydrogens (tertiary/aromatic N) is 1. The third kappa shape index (κ3) is 8.75. The van der Waals surface area contributed by atoms with Crippen LogP contribution in [0.25, 0.3) is 0 Å². The highest BCUT2D eigenvalue weighted by molar-refractivity contribution is 7.90. The number of sulfonamides is 1. The molecular weight excluding hydrogens is 494 g/mol. The molecule has 1 heterocycles. The zero-order valence-corrected chi connectivity index (χ0v) is 22.6. The lowest BCUT2D eigenvalue weighted by molar-refractivity contribution is -0.123. The summed E-state index contributed by atoms with van der Waals surface area (Å²) in [4.78, 5) is 27.0. The monoisotopic (exact) mass is 531 g/mol. The van der Waals surface area contributed by atoms with E-state index in [0.717, 1.165) is 36.1 Å². The molecule has 0 unspecified atom stereocenters. The topological polar surface area (TPSA) is 114 Å². The van der Waals surface area contributed by atoms with Gasteiger partial charge in [-0.1, -0.05) is 12.1 Å². The van der Waals surface area contributed by atoms with E-state index in [1.54, 1.807) is 0 Å². The molecule has 2 aromatic carbocycles. The second-order valence-corrected chi connectivity index (χ2v) is 11.1. The van der Waals surface area contributed by atoms with Crippen LogP contribution in [0.3, 0.4) is 0 Å². The standard InChI is InChI=1S/C27H37N3O6S/c1-20(2)30-18-22-17-21(7-13-25(22)36-16-6-4-5-15-28-27(32)19-30)8-14-26(31)29-37(33,34)24-11-9-23(35-3)10-12-24/h7,9-13,17,20H,4-6,8,14-16,18-19H2,1-3H3,(H,28,32)(H,29,31). The van der Waals surface area contributed by atoms with Crippen LogP contribution in [0.1, 0.15) is 50.7 Å². The maximum absolute atomic E-state index is 12.6. The average molecular weight is 532 g/mol. The number of hydrogen-bond acceptors (Lipinski definition) is 7. The second kappa shape index (κ2) is 13.4. The Kier molecular flexibility index (Phi) is 10.3. The number of hydrogen-bond donors (Lipinski definition) is 2. The van der Waals surface area contributed by atoms with Gasteiger partial charge in [0, 0.05) is 31.1 Å². The number of benzene rings is 2. The van der Waals surface area contributed by atoms with Crippen molar-refractivity contribution >= 4 is 21.8 Å². The first-order valence-electron chi connectivity index (χ1n) is 12.6. The maximum Gasteiger partial charge on any atom is 0.264 e. The van der Waals surface area contributed by atoms with E-state index in [1.807, 2.05) is 32.0 Å². The summed E-state index contributed by atoms with van der Waals surface area (Å²) in [7, 11) is -2.48. The van der Waals surface area contributed by atoms with Crippen molar-refractivity contribution in [1.29, 1.82) is 0 Å². The molecule has 202 valence electrons. The lowest BCUT2D eigenvalue weighted by Gasteiger charge is -2.27. The fourth-order valence-corrected chi connectivity index (χ4v) is 5.03. The summed E-state index contributed by atoms with van der Waals surface area (Å²) in [6, 6.07) is 11.7. The number of nitrogens with one attached hydrogen (secondary N) is 2. The van der Waals surface area contributed by atoms with Crippen LogP contribution < -0.4 is 19.5 Å². The fourth-order valence-electron chi connectivity index (χ4n) is 4.02. The van der Waals surface area contributed by atoms with Crippen molar-refractivity contribution in [1.82, 2.24) is 14.9 Å². The van der Waals surface area contributed by atoms with Gasteiger partial charge in [-0.3, -0.25) is 14.5 Å². The SMILES string of the molecule is COc1ccc(S(=O)(=O)NC(=O)CCc2ccc3c(c2)CN(C(C)C)CC(=O)NCCCCCO3)cc1. The van der Waals surface area contributed by atoms with Crippen LogP contribution in [0.2, 0.25) is 0 Å². The van der Waals surface area contributed by atoms with E-state index in [0.29, 0.717) is 31.9 Å². The molecule has 9 nitrogen and oxygen atoms in total. The van der Waals surface area contributed by atoms with Crippen LogP contribution in [0, 0.1) is 0 Å². The molecule has 0 aromatic heterocycles. The van der Waals surface area contributed by atoms with Crippen LogP contribution in [0.5, 0.6) is 11.5 Å². The summed E-state index contributed by atoms with van der Waals surface area (Å²) in [5.41, 5.74) is 1.82. The van der Waals surface area contributed by atoms with Gasteiger partial charge in [0.1, 0.15) is 11.5 Å². The second-order valence-electron chi connectivity index (χ2n) is 9.40. The lowest BCUT2D eigenvalue weighted by atomic mass is 10.0. The van der Waals surface area contributed by atoms with Gasteiger partial charge >= 0.3 is 0 Å². The van der Waals surface area contributed by atoms with Crippen molar-refractivity contribution in [3.05, 3.63) is 53.6 Å². The fraction of sp³-hybridized carbons (Fsp3) is 0.481. The number of carbonyl (C=O) groups is 2. The zero-order chi connectivity index (χ0) is 26.8. The van der Waals surface area contributed by atoms with E-state index in [4.69, 9.17) is 9.47 Å². The molecule has 0 bridgehead atoms. The Balaban J connectivity index is 1.70. The van der Waals surface area contributed by atoms with Crippen molar-refractivity contribution in [2.75, 3.05) is 26.8 Å². The van der Waals surface area contributed by atoms with Gasteiger partial charge in [-0.15, -0.1) is 0 Å². The van der Waals surface area contributed by atoms with E-state index in [1.165, 1.54) is 31.4 Å². The molecule has 37 heavy (non-hydrogen) atoms. The van der Waals surface area contributed by atoms with E-state index in [-0.39, 0.29) is 29.8 Å². The van der Waals surface area contributed by atoms with Crippen LogP contribution in [0.4, 0.5) is 0 Å². The summed E-state index contributed by atoms with van der Waals surface area (Å²) in [5.74, 6) is 0.705. The third-order valence-corrected chi connectivity index (χ3v) is 7.62. The van der Waals surface area contributed by atoms with Crippen molar-refractivity contribution in [2.45, 2.75) is 63.4 Å². The summed E-state index contributed by atoms with van der Waals surface area (Å²) in [6.07, 6.45) is 3.15. The molecular formula is C27H37N3O6S. The molecule has 3 rings (SSSR count). The van der Waals surface area contributed by atoms with E-state index < -0.39 is 15.9 Å². The summed E-state index contributed by atoms with van der Waals surface area (Å²) >= 11 is 0. The van der Waals surface area contributed by atoms with Crippen LogP contribution >= 0.6 is 0 Å². The number of methoxy groups -OCH3 is 1. The predicted octanol–water partition coefficient (Wildman–Crippen LogP) is 3.02. The average Bonchev–Trinajstić information content (AvgIpc) is 2.88. The molecule has 0 saturated carbocycles. The first-order valence-corrected chi connectivity index (χ1v) is 14.1. The third-order valence-electron chi connectivity index (χ3n) is 6.23. The Labute approximate surface area is 219 Å². The normalized spacial score (nSPS) is 15.8. The molecule has 2 aromatic rings. The predicted molar refractivity (Wildman–Crippen MR) is 141 cm³/mol. The minimum Gasteiger partial charge on any atom is -0.497 e. The van der Waals surface area contributed by atoms with Crippen LogP contribution in [0.15, 0.2) is 47.4 Å². The highest BCUT2D eigenvalue weighted by Crippen LogP contribution is 2.24. The van der Waals surface area contributed by atoms with Gasteiger partial charge in [0.05, 0.1) is 25.2 Å². The van der Waals surface area contributed by atoms with E-state index in [2.05, 4.69) is 14.9 Å². The zero-order valence-electron chi connectivity index (χ0n) is 21.8. The summed E-state index contributed by atoms with van der Waals surface area (Å²) in [5, 5.41) is 2.99. The van der Waals surface area contributed by atoms with Gasteiger partial charge in [-0.05, 0) is 75.4 Å². The molecule has 0 spiro atoms. The quantitative estimate of drug-likeness (QED) is 0.565. The lowest BCUT2D eigenvalue weighted by Crippen LogP contribution is -2.40. The first kappa shape index (κ1) is 28.5. The van der Waals surface area contributed by atoms with Crippen molar-refractivity contribution in [3.63, 3.8) is 0 Å². The smallest absolute Gasteiger partial charge is 0.264 e. The minimum atomic E-state index is -3.97. The number of rotatable bonds is 7. The van der Waals surface area contributed by atoms with Crippen LogP contribution in [-0.2, 0) is 32.6 Å². The molecule has 10 heteroatoms. The van der Waals surface area contributed by atoms with E-state index in [9.17, 15) is 18.0 Å². The van der Waals surface area contributed by atoms with Gasteiger partial charge in [0.15, 0.2) is 0 Å². The highest BCUT2D eigenvalue weighted by atomic mass is 32.2. The largest absolute Gasteiger partial charge is 0.497 e. The Morgan fingerprint density at radius 2 is 1.86 bits per heavy atom. The Bertz CT molecular complexity index is 1170. The van der Waals surface area contributed by atoms with Crippen LogP contribution in [-0.4, -0.2) is 58.0 Å². The Hall–Kier alpha value is -3.11. The number of aryl methyl sites for hydroxylation is 1. The molecule has 0 aliphatic carbocycles. The molecule has 0 radical (unpaired) electrons. The van der Waals surface area contributed by atoms with Gasteiger partial charge in [-0.2, -0.15) is 0 Å². The van der Waals surface area contributed by atoms with Gasteiger partial charge < -0.3 is 14.8 Å². The minimum absolute atomic E-state index is 0.00121. The number of ether oxygens (including phenoxy) is 2. The van der Waals surface area contributed by atoms with Crippen molar-refractivity contribution in [3.8, 4) is 11.5 Å². The first-order chi connectivity index (χ1) is 17.7.